The third-order valence-electron chi connectivity index (χ3n) is 3.77. The summed E-state index contributed by atoms with van der Waals surface area (Å²) in [6, 6.07) is 12.8. The van der Waals surface area contributed by atoms with E-state index in [1.54, 1.807) is 18.2 Å². The van der Waals surface area contributed by atoms with E-state index >= 15 is 0 Å². The first kappa shape index (κ1) is 16.4. The number of fused-ring (bicyclic) bond motifs is 1. The van der Waals surface area contributed by atoms with E-state index in [4.69, 9.17) is 0 Å². The number of nitrogens with zero attached hydrogens (tertiary/aromatic N) is 2. The highest BCUT2D eigenvalue weighted by molar-refractivity contribution is 9.10. The van der Waals surface area contributed by atoms with Crippen molar-refractivity contribution in [2.75, 3.05) is 5.32 Å². The van der Waals surface area contributed by atoms with Crippen LogP contribution in [0.25, 0.3) is 10.9 Å². The molecule has 1 heterocycles. The van der Waals surface area contributed by atoms with Gasteiger partial charge in [0.1, 0.15) is 0 Å². The second-order valence-electron chi connectivity index (χ2n) is 5.52. The Balaban J connectivity index is 1.70. The molecule has 0 atom stereocenters. The molecule has 122 valence electrons. The Morgan fingerprint density at radius 3 is 2.83 bits per heavy atom. The number of carbonyl (C=O) groups is 1. The fraction of sp³-hybridized carbons (Fsp3) is 0.167. The predicted octanol–water partition coefficient (Wildman–Crippen LogP) is 3.50. The summed E-state index contributed by atoms with van der Waals surface area (Å²) >= 11 is 3.39. The topological polar surface area (TPSA) is 64.0 Å². The molecule has 3 aromatic rings. The van der Waals surface area contributed by atoms with Crippen molar-refractivity contribution in [3.8, 4) is 0 Å². The lowest BCUT2D eigenvalue weighted by Crippen LogP contribution is -2.23. The normalized spacial score (nSPS) is 10.8. The number of para-hydroxylation sites is 1. The SMILES string of the molecule is Cc1cc(Br)ccc1NC(=O)CCn1cnc2ccccc2c1=O. The minimum Gasteiger partial charge on any atom is -0.326 e. The zero-order valence-electron chi connectivity index (χ0n) is 13.1. The Labute approximate surface area is 147 Å². The number of benzene rings is 2. The molecule has 1 aromatic heterocycles. The molecule has 0 bridgehead atoms. The number of rotatable bonds is 4. The molecule has 0 fully saturated rings. The Morgan fingerprint density at radius 1 is 1.25 bits per heavy atom. The van der Waals surface area contributed by atoms with Crippen molar-refractivity contribution in [3.63, 3.8) is 0 Å². The van der Waals surface area contributed by atoms with Crippen LogP contribution >= 0.6 is 15.9 Å². The summed E-state index contributed by atoms with van der Waals surface area (Å²) in [5.74, 6) is -0.138. The largest absolute Gasteiger partial charge is 0.326 e. The Hall–Kier alpha value is -2.47. The van der Waals surface area contributed by atoms with Gasteiger partial charge in [0.05, 0.1) is 17.2 Å². The zero-order chi connectivity index (χ0) is 17.1. The second-order valence-corrected chi connectivity index (χ2v) is 6.43. The van der Waals surface area contributed by atoms with Gasteiger partial charge in [-0.15, -0.1) is 0 Å². The van der Waals surface area contributed by atoms with E-state index < -0.39 is 0 Å². The number of amides is 1. The van der Waals surface area contributed by atoms with Crippen LogP contribution in [0.3, 0.4) is 0 Å². The highest BCUT2D eigenvalue weighted by atomic mass is 79.9. The average Bonchev–Trinajstić information content (AvgIpc) is 2.57. The molecule has 0 aliphatic rings. The number of hydrogen-bond acceptors (Lipinski definition) is 3. The number of carbonyl (C=O) groups excluding carboxylic acids is 1. The number of aryl methyl sites for hydroxylation is 2. The van der Waals surface area contributed by atoms with E-state index in [0.29, 0.717) is 10.9 Å². The van der Waals surface area contributed by atoms with Crippen LogP contribution in [-0.4, -0.2) is 15.5 Å². The van der Waals surface area contributed by atoms with Gasteiger partial charge in [-0.1, -0.05) is 28.1 Å². The highest BCUT2D eigenvalue weighted by Crippen LogP contribution is 2.20. The smallest absolute Gasteiger partial charge is 0.261 e. The first-order valence-corrected chi connectivity index (χ1v) is 8.34. The number of halogens is 1. The molecule has 24 heavy (non-hydrogen) atoms. The number of aromatic nitrogens is 2. The average molecular weight is 386 g/mol. The second kappa shape index (κ2) is 6.97. The minimum atomic E-state index is -0.138. The van der Waals surface area contributed by atoms with Gasteiger partial charge in [0, 0.05) is 23.1 Å². The van der Waals surface area contributed by atoms with Crippen molar-refractivity contribution in [2.24, 2.45) is 0 Å². The van der Waals surface area contributed by atoms with E-state index in [0.717, 1.165) is 15.7 Å². The van der Waals surface area contributed by atoms with E-state index in [1.807, 2.05) is 31.2 Å². The molecule has 0 aliphatic carbocycles. The summed E-state index contributed by atoms with van der Waals surface area (Å²) in [5.41, 5.74) is 2.27. The quantitative estimate of drug-likeness (QED) is 0.747. The Bertz CT molecular complexity index is 966. The van der Waals surface area contributed by atoms with Crippen molar-refractivity contribution < 1.29 is 4.79 Å². The van der Waals surface area contributed by atoms with Crippen LogP contribution in [-0.2, 0) is 11.3 Å². The maximum atomic E-state index is 12.4. The number of hydrogen-bond donors (Lipinski definition) is 1. The van der Waals surface area contributed by atoms with Gasteiger partial charge in [-0.3, -0.25) is 14.2 Å². The van der Waals surface area contributed by atoms with E-state index in [-0.39, 0.29) is 24.4 Å². The number of anilines is 1. The molecule has 0 spiro atoms. The van der Waals surface area contributed by atoms with Crippen molar-refractivity contribution in [2.45, 2.75) is 19.9 Å². The molecule has 1 amide bonds. The summed E-state index contributed by atoms with van der Waals surface area (Å²) in [6.45, 7) is 2.22. The molecule has 0 aliphatic heterocycles. The highest BCUT2D eigenvalue weighted by Gasteiger charge is 2.08. The lowest BCUT2D eigenvalue weighted by molar-refractivity contribution is -0.116. The summed E-state index contributed by atoms with van der Waals surface area (Å²) in [7, 11) is 0. The standard InChI is InChI=1S/C18H16BrN3O2/c1-12-10-13(19)6-7-15(12)21-17(23)8-9-22-11-20-16-5-3-2-4-14(16)18(22)24/h2-7,10-11H,8-9H2,1H3,(H,21,23). The van der Waals surface area contributed by atoms with Crippen LogP contribution in [0.1, 0.15) is 12.0 Å². The van der Waals surface area contributed by atoms with Gasteiger partial charge in [0.15, 0.2) is 0 Å². The summed E-state index contributed by atoms with van der Waals surface area (Å²) < 4.78 is 2.43. The fourth-order valence-corrected chi connectivity index (χ4v) is 2.94. The van der Waals surface area contributed by atoms with Gasteiger partial charge < -0.3 is 5.32 Å². The summed E-state index contributed by atoms with van der Waals surface area (Å²) in [5, 5.41) is 3.43. The van der Waals surface area contributed by atoms with E-state index in [2.05, 4.69) is 26.2 Å². The van der Waals surface area contributed by atoms with Crippen molar-refractivity contribution in [3.05, 3.63) is 69.2 Å². The van der Waals surface area contributed by atoms with Gasteiger partial charge in [-0.2, -0.15) is 0 Å². The van der Waals surface area contributed by atoms with Gasteiger partial charge in [0.2, 0.25) is 5.91 Å². The third kappa shape index (κ3) is 3.54. The fourth-order valence-electron chi connectivity index (χ4n) is 2.47. The molecule has 5 nitrogen and oxygen atoms in total. The first-order chi connectivity index (χ1) is 11.5. The van der Waals surface area contributed by atoms with Gasteiger partial charge in [-0.05, 0) is 42.8 Å². The molecule has 2 aromatic carbocycles. The van der Waals surface area contributed by atoms with Crippen LogP contribution in [0, 0.1) is 6.92 Å². The van der Waals surface area contributed by atoms with Crippen molar-refractivity contribution >= 4 is 38.4 Å². The van der Waals surface area contributed by atoms with Crippen LogP contribution in [0.15, 0.2) is 58.1 Å². The Kier molecular flexibility index (Phi) is 4.76. The molecule has 6 heteroatoms. The monoisotopic (exact) mass is 385 g/mol. The third-order valence-corrected chi connectivity index (χ3v) is 4.27. The molecule has 3 rings (SSSR count). The van der Waals surface area contributed by atoms with Crippen LogP contribution in [0.5, 0.6) is 0 Å². The van der Waals surface area contributed by atoms with Crippen molar-refractivity contribution in [1.82, 2.24) is 9.55 Å². The maximum Gasteiger partial charge on any atom is 0.261 e. The molecular weight excluding hydrogens is 370 g/mol. The van der Waals surface area contributed by atoms with Gasteiger partial charge >= 0.3 is 0 Å². The van der Waals surface area contributed by atoms with Crippen LogP contribution in [0.2, 0.25) is 0 Å². The predicted molar refractivity (Wildman–Crippen MR) is 98.1 cm³/mol. The van der Waals surface area contributed by atoms with Crippen LogP contribution < -0.4 is 10.9 Å². The summed E-state index contributed by atoms with van der Waals surface area (Å²) in [4.78, 5) is 28.8. The van der Waals surface area contributed by atoms with Crippen LogP contribution in [0.4, 0.5) is 5.69 Å². The molecular formula is C18H16BrN3O2. The molecule has 1 N–H and O–H groups in total. The zero-order valence-corrected chi connectivity index (χ0v) is 14.7. The maximum absolute atomic E-state index is 12.4. The Morgan fingerprint density at radius 2 is 2.04 bits per heavy atom. The first-order valence-electron chi connectivity index (χ1n) is 7.55. The van der Waals surface area contributed by atoms with Gasteiger partial charge in [0.25, 0.3) is 5.56 Å². The minimum absolute atomic E-state index is 0.131. The molecule has 0 unspecified atom stereocenters. The van der Waals surface area contributed by atoms with Gasteiger partial charge in [-0.25, -0.2) is 4.98 Å². The lowest BCUT2D eigenvalue weighted by atomic mass is 10.2. The molecule has 0 saturated carbocycles. The van der Waals surface area contributed by atoms with E-state index in [1.165, 1.54) is 10.9 Å². The molecule has 0 saturated heterocycles. The summed E-state index contributed by atoms with van der Waals surface area (Å²) in [6.07, 6.45) is 1.69. The number of nitrogens with one attached hydrogen (secondary N) is 1. The lowest BCUT2D eigenvalue weighted by Gasteiger charge is -2.10. The van der Waals surface area contributed by atoms with E-state index in [9.17, 15) is 9.59 Å². The van der Waals surface area contributed by atoms with Crippen molar-refractivity contribution in [1.29, 1.82) is 0 Å². The molecule has 0 radical (unpaired) electrons.